The number of thioether (sulfide) groups is 1. The highest BCUT2D eigenvalue weighted by Crippen LogP contribution is 2.06. The number of hydrogen-bond donors (Lipinski definition) is 2. The van der Waals surface area contributed by atoms with Gasteiger partial charge in [-0.15, -0.1) is 0 Å². The summed E-state index contributed by atoms with van der Waals surface area (Å²) < 4.78 is 0. The summed E-state index contributed by atoms with van der Waals surface area (Å²) in [5.41, 5.74) is 0.00928. The number of carbonyl (C=O) groups is 1. The number of carboxylic acid groups (broad SMARTS) is 1. The quantitative estimate of drug-likeness (QED) is 0.787. The van der Waals surface area contributed by atoms with E-state index in [1.165, 1.54) is 12.3 Å². The van der Waals surface area contributed by atoms with Gasteiger partial charge in [0.05, 0.1) is 0 Å². The highest BCUT2D eigenvalue weighted by atomic mass is 32.2. The summed E-state index contributed by atoms with van der Waals surface area (Å²) in [6.07, 6.45) is 3.50. The van der Waals surface area contributed by atoms with Gasteiger partial charge in [0, 0.05) is 12.7 Å². The van der Waals surface area contributed by atoms with Crippen molar-refractivity contribution < 1.29 is 9.90 Å². The largest absolute Gasteiger partial charge is 0.477 e. The van der Waals surface area contributed by atoms with Crippen LogP contribution in [-0.4, -0.2) is 39.6 Å². The van der Waals surface area contributed by atoms with Crippen molar-refractivity contribution >= 4 is 23.7 Å². The molecule has 0 aromatic carbocycles. The van der Waals surface area contributed by atoms with Gasteiger partial charge in [0.2, 0.25) is 5.95 Å². The Morgan fingerprint density at radius 1 is 1.69 bits per heavy atom. The Kier molecular flexibility index (Phi) is 5.04. The number of aromatic nitrogens is 2. The molecule has 1 unspecified atom stereocenters. The molecule has 0 saturated carbocycles. The predicted molar refractivity (Wildman–Crippen MR) is 65.0 cm³/mol. The molecule has 0 spiro atoms. The first kappa shape index (κ1) is 12.8. The molecule has 0 fully saturated rings. The molecule has 1 aromatic rings. The Bertz CT molecular complexity index is 360. The van der Waals surface area contributed by atoms with E-state index >= 15 is 0 Å². The third-order valence-electron chi connectivity index (χ3n) is 1.93. The van der Waals surface area contributed by atoms with Crippen molar-refractivity contribution in [1.82, 2.24) is 9.97 Å². The third kappa shape index (κ3) is 4.06. The summed E-state index contributed by atoms with van der Waals surface area (Å²) in [6.45, 7) is 2.86. The Morgan fingerprint density at radius 3 is 3.06 bits per heavy atom. The summed E-state index contributed by atoms with van der Waals surface area (Å²) >= 11 is 1.78. The third-order valence-corrected chi connectivity index (χ3v) is 2.84. The fourth-order valence-electron chi connectivity index (χ4n) is 1.17. The molecule has 0 aliphatic rings. The van der Waals surface area contributed by atoms with Crippen molar-refractivity contribution in [3.8, 4) is 0 Å². The highest BCUT2D eigenvalue weighted by molar-refractivity contribution is 7.98. The van der Waals surface area contributed by atoms with Gasteiger partial charge in [0.15, 0.2) is 5.69 Å². The molecule has 0 radical (unpaired) electrons. The minimum absolute atomic E-state index is 0.00928. The molecule has 1 atom stereocenters. The molecule has 0 aliphatic carbocycles. The highest BCUT2D eigenvalue weighted by Gasteiger charge is 2.07. The van der Waals surface area contributed by atoms with Crippen LogP contribution >= 0.6 is 11.8 Å². The van der Waals surface area contributed by atoms with Gasteiger partial charge in [0.1, 0.15) is 0 Å². The number of carboxylic acids is 1. The second-order valence-electron chi connectivity index (χ2n) is 3.51. The first-order chi connectivity index (χ1) is 7.63. The maximum atomic E-state index is 10.7. The van der Waals surface area contributed by atoms with Crippen LogP contribution in [0.3, 0.4) is 0 Å². The van der Waals surface area contributed by atoms with Crippen LogP contribution in [0, 0.1) is 5.92 Å². The van der Waals surface area contributed by atoms with Gasteiger partial charge in [-0.05, 0) is 24.0 Å². The van der Waals surface area contributed by atoms with Crippen LogP contribution in [0.1, 0.15) is 17.4 Å². The van der Waals surface area contributed by atoms with Crippen LogP contribution in [-0.2, 0) is 0 Å². The second-order valence-corrected chi connectivity index (χ2v) is 4.42. The van der Waals surface area contributed by atoms with E-state index in [-0.39, 0.29) is 5.69 Å². The fraction of sp³-hybridized carbons (Fsp3) is 0.500. The van der Waals surface area contributed by atoms with Crippen LogP contribution in [0.15, 0.2) is 12.3 Å². The maximum absolute atomic E-state index is 10.7. The van der Waals surface area contributed by atoms with E-state index < -0.39 is 5.97 Å². The van der Waals surface area contributed by atoms with Crippen molar-refractivity contribution in [3.05, 3.63) is 18.0 Å². The van der Waals surface area contributed by atoms with Crippen LogP contribution in [0.25, 0.3) is 0 Å². The minimum atomic E-state index is -1.04. The molecule has 0 aliphatic heterocycles. The normalized spacial score (nSPS) is 12.1. The van der Waals surface area contributed by atoms with E-state index in [1.54, 1.807) is 11.8 Å². The van der Waals surface area contributed by atoms with Gasteiger partial charge in [-0.3, -0.25) is 0 Å². The smallest absolute Gasteiger partial charge is 0.354 e. The average Bonchev–Trinajstić information content (AvgIpc) is 2.27. The molecule has 6 heteroatoms. The van der Waals surface area contributed by atoms with Crippen molar-refractivity contribution in [3.63, 3.8) is 0 Å². The standard InChI is InChI=1S/C10H15N3O2S/c1-7(6-16-2)5-12-10-11-4-3-8(13-10)9(14)15/h3-4,7H,5-6H2,1-2H3,(H,14,15)(H,11,12,13). The first-order valence-electron chi connectivity index (χ1n) is 4.92. The molecule has 2 N–H and O–H groups in total. The number of aromatic carboxylic acids is 1. The average molecular weight is 241 g/mol. The number of hydrogen-bond acceptors (Lipinski definition) is 5. The lowest BCUT2D eigenvalue weighted by Crippen LogP contribution is -2.15. The van der Waals surface area contributed by atoms with Gasteiger partial charge >= 0.3 is 5.97 Å². The topological polar surface area (TPSA) is 75.1 Å². The van der Waals surface area contributed by atoms with E-state index in [0.29, 0.717) is 11.9 Å². The summed E-state index contributed by atoms with van der Waals surface area (Å²) in [4.78, 5) is 18.5. The van der Waals surface area contributed by atoms with E-state index in [9.17, 15) is 4.79 Å². The van der Waals surface area contributed by atoms with Gasteiger partial charge in [-0.2, -0.15) is 11.8 Å². The zero-order chi connectivity index (χ0) is 12.0. The molecule has 1 rings (SSSR count). The Hall–Kier alpha value is -1.30. The number of anilines is 1. The van der Waals surface area contributed by atoms with Crippen molar-refractivity contribution in [2.75, 3.05) is 23.9 Å². The summed E-state index contributed by atoms with van der Waals surface area (Å²) in [7, 11) is 0. The van der Waals surface area contributed by atoms with E-state index in [2.05, 4.69) is 28.5 Å². The minimum Gasteiger partial charge on any atom is -0.477 e. The van der Waals surface area contributed by atoms with E-state index in [1.807, 2.05) is 0 Å². The number of nitrogens with one attached hydrogen (secondary N) is 1. The van der Waals surface area contributed by atoms with Crippen molar-refractivity contribution in [2.45, 2.75) is 6.92 Å². The Labute approximate surface area is 98.7 Å². The summed E-state index contributed by atoms with van der Waals surface area (Å²) in [5, 5.41) is 11.8. The molecule has 0 amide bonds. The Morgan fingerprint density at radius 2 is 2.44 bits per heavy atom. The van der Waals surface area contributed by atoms with Crippen molar-refractivity contribution in [1.29, 1.82) is 0 Å². The lowest BCUT2D eigenvalue weighted by Gasteiger charge is -2.10. The second kappa shape index (κ2) is 6.32. The summed E-state index contributed by atoms with van der Waals surface area (Å²) in [6, 6.07) is 1.37. The van der Waals surface area contributed by atoms with Crippen LogP contribution < -0.4 is 5.32 Å². The Balaban J connectivity index is 2.54. The van der Waals surface area contributed by atoms with Gasteiger partial charge in [-0.1, -0.05) is 6.92 Å². The molecule has 0 saturated heterocycles. The predicted octanol–water partition coefficient (Wildman–Crippen LogP) is 1.59. The fourth-order valence-corrected chi connectivity index (χ4v) is 1.86. The monoisotopic (exact) mass is 241 g/mol. The first-order valence-corrected chi connectivity index (χ1v) is 6.32. The number of nitrogens with zero attached hydrogens (tertiary/aromatic N) is 2. The van der Waals surface area contributed by atoms with Crippen LogP contribution in [0.4, 0.5) is 5.95 Å². The van der Waals surface area contributed by atoms with E-state index in [0.717, 1.165) is 12.3 Å². The van der Waals surface area contributed by atoms with Gasteiger partial charge < -0.3 is 10.4 Å². The molecule has 88 valence electrons. The summed E-state index contributed by atoms with van der Waals surface area (Å²) in [5.74, 6) is 0.869. The molecular weight excluding hydrogens is 226 g/mol. The van der Waals surface area contributed by atoms with E-state index in [4.69, 9.17) is 5.11 Å². The van der Waals surface area contributed by atoms with Crippen LogP contribution in [0.2, 0.25) is 0 Å². The lowest BCUT2D eigenvalue weighted by molar-refractivity contribution is 0.0690. The molecule has 0 bridgehead atoms. The van der Waals surface area contributed by atoms with Gasteiger partial charge in [-0.25, -0.2) is 14.8 Å². The molecule has 1 aromatic heterocycles. The number of rotatable bonds is 6. The molecular formula is C10H15N3O2S. The lowest BCUT2D eigenvalue weighted by atomic mass is 10.2. The maximum Gasteiger partial charge on any atom is 0.354 e. The molecule has 5 nitrogen and oxygen atoms in total. The molecule has 16 heavy (non-hydrogen) atoms. The van der Waals surface area contributed by atoms with Gasteiger partial charge in [0.25, 0.3) is 0 Å². The zero-order valence-corrected chi connectivity index (χ0v) is 10.1. The van der Waals surface area contributed by atoms with Crippen LogP contribution in [0.5, 0.6) is 0 Å². The SMILES string of the molecule is CSCC(C)CNc1nccc(C(=O)O)n1. The van der Waals surface area contributed by atoms with Crippen molar-refractivity contribution in [2.24, 2.45) is 5.92 Å². The zero-order valence-electron chi connectivity index (χ0n) is 9.30. The molecule has 1 heterocycles.